The fourth-order valence-electron chi connectivity index (χ4n) is 2.67. The lowest BCUT2D eigenvalue weighted by atomic mass is 10.1. The summed E-state index contributed by atoms with van der Waals surface area (Å²) in [6, 6.07) is 14.5. The van der Waals surface area contributed by atoms with Crippen LogP contribution in [-0.4, -0.2) is 24.9 Å². The van der Waals surface area contributed by atoms with Crippen LogP contribution in [0.2, 0.25) is 0 Å². The molecule has 0 bridgehead atoms. The van der Waals surface area contributed by atoms with E-state index in [9.17, 15) is 0 Å². The van der Waals surface area contributed by atoms with E-state index in [-0.39, 0.29) is 6.61 Å². The Morgan fingerprint density at radius 1 is 0.885 bits per heavy atom. The van der Waals surface area contributed by atoms with Gasteiger partial charge in [0.2, 0.25) is 0 Å². The minimum absolute atomic E-state index is 0.280. The van der Waals surface area contributed by atoms with E-state index in [4.69, 9.17) is 14.6 Å². The molecule has 0 aliphatic rings. The monoisotopic (exact) mass is 357 g/mol. The minimum Gasteiger partial charge on any atom is -0.490 e. The molecule has 0 spiro atoms. The van der Waals surface area contributed by atoms with Crippen LogP contribution in [0, 0.1) is 6.92 Å². The number of rotatable bonds is 12. The lowest BCUT2D eigenvalue weighted by molar-refractivity contribution is 0.269. The number of ether oxygens (including phenoxy) is 2. The maximum Gasteiger partial charge on any atom is 0.161 e. The van der Waals surface area contributed by atoms with Gasteiger partial charge in [-0.2, -0.15) is 0 Å². The normalized spacial score (nSPS) is 10.7. The number of unbranched alkanes of at least 4 members (excludes halogenated alkanes) is 2. The Balaban J connectivity index is 1.89. The molecule has 0 aliphatic carbocycles. The van der Waals surface area contributed by atoms with Crippen LogP contribution in [0.4, 0.5) is 0 Å². The lowest BCUT2D eigenvalue weighted by Gasteiger charge is -2.14. The average molecular weight is 357 g/mol. The molecule has 2 aromatic rings. The molecule has 0 saturated heterocycles. The zero-order valence-electron chi connectivity index (χ0n) is 16.0. The summed E-state index contributed by atoms with van der Waals surface area (Å²) < 4.78 is 11.7. The van der Waals surface area contributed by atoms with Crippen molar-refractivity contribution in [2.75, 3.05) is 19.8 Å². The van der Waals surface area contributed by atoms with Gasteiger partial charge >= 0.3 is 0 Å². The average Bonchev–Trinajstić information content (AvgIpc) is 2.65. The zero-order valence-corrected chi connectivity index (χ0v) is 16.0. The number of aryl methyl sites for hydroxylation is 1. The van der Waals surface area contributed by atoms with Gasteiger partial charge in [0.25, 0.3) is 0 Å². The van der Waals surface area contributed by atoms with Gasteiger partial charge in [-0.3, -0.25) is 0 Å². The second kappa shape index (κ2) is 11.6. The van der Waals surface area contributed by atoms with E-state index in [1.54, 1.807) is 0 Å². The molecular weight excluding hydrogens is 326 g/mol. The largest absolute Gasteiger partial charge is 0.490 e. The van der Waals surface area contributed by atoms with E-state index >= 15 is 0 Å². The molecule has 0 aromatic heterocycles. The van der Waals surface area contributed by atoms with Crippen molar-refractivity contribution in [2.24, 2.45) is 0 Å². The van der Waals surface area contributed by atoms with Crippen molar-refractivity contribution in [3.63, 3.8) is 0 Å². The molecule has 0 unspecified atom stereocenters. The Kier molecular flexibility index (Phi) is 9.01. The number of nitrogens with one attached hydrogen (secondary N) is 1. The molecule has 0 heterocycles. The van der Waals surface area contributed by atoms with Gasteiger partial charge in [-0.15, -0.1) is 0 Å². The van der Waals surface area contributed by atoms with Gasteiger partial charge in [-0.25, -0.2) is 0 Å². The van der Waals surface area contributed by atoms with Crippen LogP contribution in [0.3, 0.4) is 0 Å². The third-order valence-corrected chi connectivity index (χ3v) is 4.16. The van der Waals surface area contributed by atoms with Gasteiger partial charge in [0.1, 0.15) is 6.61 Å². The highest BCUT2D eigenvalue weighted by Crippen LogP contribution is 2.29. The molecule has 4 heteroatoms. The van der Waals surface area contributed by atoms with Crippen LogP contribution in [-0.2, 0) is 13.2 Å². The first-order chi connectivity index (χ1) is 12.7. The van der Waals surface area contributed by atoms with Crippen molar-refractivity contribution in [2.45, 2.75) is 46.3 Å². The molecular formula is C22H31NO3. The first-order valence-electron chi connectivity index (χ1n) is 9.48. The Morgan fingerprint density at radius 2 is 1.65 bits per heavy atom. The molecule has 0 aliphatic heterocycles. The standard InChI is InChI=1S/C22H31NO3/c1-3-25-22-15-20(16-23-13-5-4-6-14-24)11-12-21(22)26-17-19-9-7-18(2)8-10-19/h7-12,15,23-24H,3-6,13-14,16-17H2,1-2H3. The van der Waals surface area contributed by atoms with Crippen LogP contribution < -0.4 is 14.8 Å². The summed E-state index contributed by atoms with van der Waals surface area (Å²) in [4.78, 5) is 0. The Morgan fingerprint density at radius 3 is 2.38 bits per heavy atom. The molecule has 0 radical (unpaired) electrons. The van der Waals surface area contributed by atoms with Crippen molar-refractivity contribution in [3.05, 3.63) is 59.2 Å². The molecule has 2 N–H and O–H groups in total. The molecule has 2 rings (SSSR count). The maximum absolute atomic E-state index is 8.79. The number of hydrogen-bond donors (Lipinski definition) is 2. The quantitative estimate of drug-likeness (QED) is 0.558. The van der Waals surface area contributed by atoms with Crippen molar-refractivity contribution < 1.29 is 14.6 Å². The number of benzene rings is 2. The van der Waals surface area contributed by atoms with Gasteiger partial charge in [0.15, 0.2) is 11.5 Å². The van der Waals surface area contributed by atoms with Gasteiger partial charge < -0.3 is 19.9 Å². The smallest absolute Gasteiger partial charge is 0.161 e. The fraction of sp³-hybridized carbons (Fsp3) is 0.455. The summed E-state index contributed by atoms with van der Waals surface area (Å²) >= 11 is 0. The highest BCUT2D eigenvalue weighted by atomic mass is 16.5. The number of hydrogen-bond acceptors (Lipinski definition) is 4. The van der Waals surface area contributed by atoms with Gasteiger partial charge in [0, 0.05) is 13.2 Å². The second-order valence-corrected chi connectivity index (χ2v) is 6.45. The van der Waals surface area contributed by atoms with E-state index in [0.29, 0.717) is 13.2 Å². The summed E-state index contributed by atoms with van der Waals surface area (Å²) in [5.41, 5.74) is 3.57. The zero-order chi connectivity index (χ0) is 18.6. The van der Waals surface area contributed by atoms with Crippen molar-refractivity contribution in [1.82, 2.24) is 5.32 Å². The number of aliphatic hydroxyl groups is 1. The SMILES string of the molecule is CCOc1cc(CNCCCCCO)ccc1OCc1ccc(C)cc1. The van der Waals surface area contributed by atoms with E-state index in [1.807, 2.05) is 13.0 Å². The van der Waals surface area contributed by atoms with E-state index in [2.05, 4.69) is 48.6 Å². The van der Waals surface area contributed by atoms with Gasteiger partial charge in [-0.05, 0) is 62.9 Å². The molecule has 0 atom stereocenters. The van der Waals surface area contributed by atoms with Crippen LogP contribution in [0.1, 0.15) is 42.9 Å². The predicted octanol–water partition coefficient (Wildman–Crippen LogP) is 4.22. The molecule has 0 fully saturated rings. The third-order valence-electron chi connectivity index (χ3n) is 4.16. The predicted molar refractivity (Wildman–Crippen MR) is 106 cm³/mol. The number of aliphatic hydroxyl groups excluding tert-OH is 1. The maximum atomic E-state index is 8.79. The summed E-state index contributed by atoms with van der Waals surface area (Å²) in [5.74, 6) is 1.57. The molecule has 142 valence electrons. The van der Waals surface area contributed by atoms with E-state index in [1.165, 1.54) is 11.1 Å². The summed E-state index contributed by atoms with van der Waals surface area (Å²) in [7, 11) is 0. The van der Waals surface area contributed by atoms with Crippen molar-refractivity contribution in [3.8, 4) is 11.5 Å². The molecule has 0 amide bonds. The van der Waals surface area contributed by atoms with E-state index < -0.39 is 0 Å². The van der Waals surface area contributed by atoms with Crippen LogP contribution in [0.15, 0.2) is 42.5 Å². The lowest BCUT2D eigenvalue weighted by Crippen LogP contribution is -2.15. The van der Waals surface area contributed by atoms with Crippen LogP contribution in [0.5, 0.6) is 11.5 Å². The Bertz CT molecular complexity index is 640. The van der Waals surface area contributed by atoms with Crippen LogP contribution >= 0.6 is 0 Å². The fourth-order valence-corrected chi connectivity index (χ4v) is 2.67. The minimum atomic E-state index is 0.280. The molecule has 0 saturated carbocycles. The topological polar surface area (TPSA) is 50.7 Å². The summed E-state index contributed by atoms with van der Waals surface area (Å²) in [5, 5.41) is 12.2. The third kappa shape index (κ3) is 7.06. The van der Waals surface area contributed by atoms with Crippen LogP contribution in [0.25, 0.3) is 0 Å². The summed E-state index contributed by atoms with van der Waals surface area (Å²) in [6.45, 7) is 7.24. The second-order valence-electron chi connectivity index (χ2n) is 6.45. The van der Waals surface area contributed by atoms with E-state index in [0.717, 1.165) is 49.4 Å². The Hall–Kier alpha value is -2.04. The molecule has 4 nitrogen and oxygen atoms in total. The Labute approximate surface area is 157 Å². The van der Waals surface area contributed by atoms with Gasteiger partial charge in [0.05, 0.1) is 6.61 Å². The highest BCUT2D eigenvalue weighted by Gasteiger charge is 2.07. The van der Waals surface area contributed by atoms with Crippen molar-refractivity contribution in [1.29, 1.82) is 0 Å². The highest BCUT2D eigenvalue weighted by molar-refractivity contribution is 5.43. The summed E-state index contributed by atoms with van der Waals surface area (Å²) in [6.07, 6.45) is 3.01. The van der Waals surface area contributed by atoms with Gasteiger partial charge in [-0.1, -0.05) is 35.9 Å². The molecule has 2 aromatic carbocycles. The van der Waals surface area contributed by atoms with Crippen molar-refractivity contribution >= 4 is 0 Å². The molecule has 26 heavy (non-hydrogen) atoms. The first kappa shape index (κ1) is 20.3. The first-order valence-corrected chi connectivity index (χ1v) is 9.48.